The molecular weight excluding hydrogens is 254 g/mol. The molecule has 1 atom stereocenters. The van der Waals surface area contributed by atoms with Crippen molar-refractivity contribution in [2.75, 3.05) is 32.1 Å². The van der Waals surface area contributed by atoms with E-state index in [2.05, 4.69) is 0 Å². The second-order valence-electron chi connectivity index (χ2n) is 3.75. The first-order chi connectivity index (χ1) is 7.42. The van der Waals surface area contributed by atoms with Crippen molar-refractivity contribution in [1.29, 1.82) is 0 Å². The van der Waals surface area contributed by atoms with Crippen molar-refractivity contribution in [3.8, 4) is 0 Å². The van der Waals surface area contributed by atoms with Crippen molar-refractivity contribution in [2.24, 2.45) is 0 Å². The van der Waals surface area contributed by atoms with Crippen molar-refractivity contribution in [1.82, 2.24) is 4.31 Å². The molecule has 0 saturated carbocycles. The van der Waals surface area contributed by atoms with E-state index in [0.717, 1.165) is 5.41 Å². The van der Waals surface area contributed by atoms with E-state index in [4.69, 9.17) is 4.74 Å². The summed E-state index contributed by atoms with van der Waals surface area (Å²) in [6.45, 7) is 1.32. The van der Waals surface area contributed by atoms with E-state index in [1.54, 1.807) is 0 Å². The maximum atomic E-state index is 12.0. The van der Waals surface area contributed by atoms with Gasteiger partial charge in [0.25, 0.3) is 0 Å². The summed E-state index contributed by atoms with van der Waals surface area (Å²) in [5, 5.41) is 0.0472. The summed E-state index contributed by atoms with van der Waals surface area (Å²) < 4.78 is 52.8. The number of sulfonamides is 1. The SMILES string of the molecule is O=S1(=O)C=CC(S(=O)(=O)N2CCOCC2)C1. The quantitative estimate of drug-likeness (QED) is 0.638. The van der Waals surface area contributed by atoms with Gasteiger partial charge in [-0.05, 0) is 0 Å². The Hall–Kier alpha value is -0.440. The van der Waals surface area contributed by atoms with Crippen LogP contribution in [0.5, 0.6) is 0 Å². The van der Waals surface area contributed by atoms with Crippen LogP contribution in [-0.2, 0) is 24.6 Å². The Bertz CT molecular complexity index is 487. The Morgan fingerprint density at radius 2 is 1.88 bits per heavy atom. The van der Waals surface area contributed by atoms with Crippen molar-refractivity contribution >= 4 is 19.9 Å². The largest absolute Gasteiger partial charge is 0.379 e. The molecule has 2 heterocycles. The maximum absolute atomic E-state index is 12.0. The van der Waals surface area contributed by atoms with E-state index < -0.39 is 25.1 Å². The lowest BCUT2D eigenvalue weighted by Gasteiger charge is -2.27. The second-order valence-corrected chi connectivity index (χ2v) is 7.84. The predicted molar refractivity (Wildman–Crippen MR) is 58.0 cm³/mol. The highest BCUT2D eigenvalue weighted by atomic mass is 32.2. The molecule has 0 N–H and O–H groups in total. The first-order valence-corrected chi connectivity index (χ1v) is 8.11. The van der Waals surface area contributed by atoms with Crippen molar-refractivity contribution in [3.05, 3.63) is 11.5 Å². The van der Waals surface area contributed by atoms with Crippen LogP contribution < -0.4 is 0 Å². The highest BCUT2D eigenvalue weighted by molar-refractivity contribution is 7.97. The molecular formula is C8H13NO5S2. The summed E-state index contributed by atoms with van der Waals surface area (Å²) in [5.41, 5.74) is 0. The molecule has 2 rings (SSSR count). The predicted octanol–water partition coefficient (Wildman–Crippen LogP) is -1.04. The number of hydrogen-bond acceptors (Lipinski definition) is 5. The minimum atomic E-state index is -3.55. The van der Waals surface area contributed by atoms with Gasteiger partial charge in [-0.2, -0.15) is 4.31 Å². The third kappa shape index (κ3) is 2.29. The van der Waals surface area contributed by atoms with Gasteiger partial charge in [-0.25, -0.2) is 16.8 Å². The summed E-state index contributed by atoms with van der Waals surface area (Å²) in [5.74, 6) is -0.341. The van der Waals surface area contributed by atoms with Crippen LogP contribution in [0, 0.1) is 0 Å². The first kappa shape index (κ1) is 12.0. The third-order valence-electron chi connectivity index (χ3n) is 2.61. The van der Waals surface area contributed by atoms with E-state index in [0.29, 0.717) is 26.3 Å². The molecule has 2 aliphatic rings. The Morgan fingerprint density at radius 3 is 2.38 bits per heavy atom. The molecule has 0 aromatic carbocycles. The molecule has 0 bridgehead atoms. The standard InChI is InChI=1S/C8H13NO5S2/c10-15(11)6-1-8(7-15)16(12,13)9-2-4-14-5-3-9/h1,6,8H,2-5,7H2. The van der Waals surface area contributed by atoms with Crippen LogP contribution in [0.1, 0.15) is 0 Å². The summed E-state index contributed by atoms with van der Waals surface area (Å²) in [7, 11) is -6.88. The lowest BCUT2D eigenvalue weighted by atomic mass is 10.5. The number of hydrogen-bond donors (Lipinski definition) is 0. The van der Waals surface area contributed by atoms with Crippen LogP contribution in [-0.4, -0.2) is 58.4 Å². The van der Waals surface area contributed by atoms with Gasteiger partial charge in [0.1, 0.15) is 5.25 Å². The summed E-state index contributed by atoms with van der Waals surface area (Å²) in [4.78, 5) is 0. The number of sulfone groups is 1. The van der Waals surface area contributed by atoms with Crippen LogP contribution in [0.25, 0.3) is 0 Å². The topological polar surface area (TPSA) is 80.8 Å². The van der Waals surface area contributed by atoms with E-state index >= 15 is 0 Å². The van der Waals surface area contributed by atoms with Crippen molar-refractivity contribution in [2.45, 2.75) is 5.25 Å². The fourth-order valence-electron chi connectivity index (χ4n) is 1.73. The first-order valence-electron chi connectivity index (χ1n) is 4.89. The lowest BCUT2D eigenvalue weighted by Crippen LogP contribution is -2.45. The molecule has 0 radical (unpaired) electrons. The summed E-state index contributed by atoms with van der Waals surface area (Å²) in [6.07, 6.45) is 1.25. The Morgan fingerprint density at radius 1 is 1.25 bits per heavy atom. The Labute approximate surface area is 94.9 Å². The summed E-state index contributed by atoms with van der Waals surface area (Å²) >= 11 is 0. The van der Waals surface area contributed by atoms with E-state index in [-0.39, 0.29) is 5.75 Å². The minimum absolute atomic E-state index is 0.298. The highest BCUT2D eigenvalue weighted by Gasteiger charge is 2.37. The molecule has 1 fully saturated rings. The van der Waals surface area contributed by atoms with Crippen LogP contribution in [0.4, 0.5) is 0 Å². The average Bonchev–Trinajstić information content (AvgIpc) is 2.61. The van der Waals surface area contributed by atoms with E-state index in [1.807, 2.05) is 0 Å². The molecule has 1 saturated heterocycles. The molecule has 2 aliphatic heterocycles. The Balaban J connectivity index is 2.17. The monoisotopic (exact) mass is 267 g/mol. The van der Waals surface area contributed by atoms with E-state index in [9.17, 15) is 16.8 Å². The van der Waals surface area contributed by atoms with Gasteiger partial charge in [0.15, 0.2) is 9.84 Å². The number of nitrogens with zero attached hydrogens (tertiary/aromatic N) is 1. The second kappa shape index (κ2) is 4.10. The molecule has 16 heavy (non-hydrogen) atoms. The molecule has 0 aliphatic carbocycles. The molecule has 0 aromatic rings. The molecule has 0 amide bonds. The lowest BCUT2D eigenvalue weighted by molar-refractivity contribution is 0.0728. The summed E-state index contributed by atoms with van der Waals surface area (Å²) in [6, 6.07) is 0. The van der Waals surface area contributed by atoms with E-state index in [1.165, 1.54) is 10.4 Å². The average molecular weight is 267 g/mol. The molecule has 0 spiro atoms. The zero-order chi connectivity index (χ0) is 11.8. The van der Waals surface area contributed by atoms with Crippen LogP contribution in [0.3, 0.4) is 0 Å². The third-order valence-corrected chi connectivity index (χ3v) is 6.39. The zero-order valence-electron chi connectivity index (χ0n) is 8.57. The molecule has 0 aromatic heterocycles. The molecule has 1 unspecified atom stereocenters. The smallest absolute Gasteiger partial charge is 0.221 e. The number of morpholine rings is 1. The van der Waals surface area contributed by atoms with Gasteiger partial charge in [0, 0.05) is 18.5 Å². The minimum Gasteiger partial charge on any atom is -0.379 e. The molecule has 92 valence electrons. The van der Waals surface area contributed by atoms with Crippen molar-refractivity contribution in [3.63, 3.8) is 0 Å². The molecule has 8 heteroatoms. The Kier molecular flexibility index (Phi) is 3.08. The van der Waals surface area contributed by atoms with Gasteiger partial charge in [0.05, 0.1) is 19.0 Å². The van der Waals surface area contributed by atoms with Crippen LogP contribution in [0.15, 0.2) is 11.5 Å². The normalized spacial score (nSPS) is 30.6. The van der Waals surface area contributed by atoms with Crippen molar-refractivity contribution < 1.29 is 21.6 Å². The highest BCUT2D eigenvalue weighted by Crippen LogP contribution is 2.20. The maximum Gasteiger partial charge on any atom is 0.221 e. The molecule has 6 nitrogen and oxygen atoms in total. The fraction of sp³-hybridized carbons (Fsp3) is 0.750. The van der Waals surface area contributed by atoms with Crippen LogP contribution in [0.2, 0.25) is 0 Å². The fourth-order valence-corrected chi connectivity index (χ4v) is 5.51. The van der Waals surface area contributed by atoms with Gasteiger partial charge < -0.3 is 4.74 Å². The number of rotatable bonds is 2. The van der Waals surface area contributed by atoms with Gasteiger partial charge >= 0.3 is 0 Å². The van der Waals surface area contributed by atoms with Gasteiger partial charge in [-0.3, -0.25) is 0 Å². The number of ether oxygens (including phenoxy) is 1. The van der Waals surface area contributed by atoms with Crippen LogP contribution >= 0.6 is 0 Å². The van der Waals surface area contributed by atoms with Gasteiger partial charge in [0.2, 0.25) is 10.0 Å². The van der Waals surface area contributed by atoms with Gasteiger partial charge in [-0.1, -0.05) is 6.08 Å². The van der Waals surface area contributed by atoms with Gasteiger partial charge in [-0.15, -0.1) is 0 Å². The zero-order valence-corrected chi connectivity index (χ0v) is 10.2.